The van der Waals surface area contributed by atoms with Crippen LogP contribution in [-0.2, 0) is 0 Å². The molecule has 0 radical (unpaired) electrons. The third-order valence-corrected chi connectivity index (χ3v) is 7.58. The molecule has 1 fully saturated rings. The number of halogens is 3. The van der Waals surface area contributed by atoms with Crippen LogP contribution >= 0.6 is 0 Å². The van der Waals surface area contributed by atoms with Gasteiger partial charge in [0.1, 0.15) is 0 Å². The molecule has 4 rings (SSSR count). The molecule has 1 aliphatic heterocycles. The Morgan fingerprint density at radius 3 is 2.08 bits per heavy atom. The van der Waals surface area contributed by atoms with Crippen molar-refractivity contribution in [1.29, 1.82) is 0 Å². The van der Waals surface area contributed by atoms with E-state index in [1.807, 2.05) is 6.07 Å². The zero-order valence-electron chi connectivity index (χ0n) is 14.9. The average molecular weight is 456 g/mol. The van der Waals surface area contributed by atoms with Gasteiger partial charge in [-0.3, -0.25) is 0 Å². The quantitative estimate of drug-likeness (QED) is 0.222. The van der Waals surface area contributed by atoms with E-state index in [0.717, 1.165) is 59.9 Å². The van der Waals surface area contributed by atoms with Crippen LogP contribution in [0.4, 0.5) is 14.5 Å². The summed E-state index contributed by atoms with van der Waals surface area (Å²) in [6.45, 7) is 4.44. The van der Waals surface area contributed by atoms with E-state index in [0.29, 0.717) is 23.0 Å². The third-order valence-electron chi connectivity index (χ3n) is 5.70. The fourth-order valence-corrected chi connectivity index (χ4v) is 5.17. The van der Waals surface area contributed by atoms with E-state index in [9.17, 15) is 4.39 Å². The van der Waals surface area contributed by atoms with E-state index in [1.54, 1.807) is 0 Å². The fraction of sp³-hybridized carbons (Fsp3) is 0.524. The Bertz CT molecular complexity index is 749. The van der Waals surface area contributed by atoms with Crippen molar-refractivity contribution in [3.63, 3.8) is 0 Å². The molecule has 0 N–H and O–H groups in total. The van der Waals surface area contributed by atoms with Crippen molar-refractivity contribution >= 4 is 16.8 Å². The van der Waals surface area contributed by atoms with Crippen LogP contribution in [0.2, 0.25) is 0 Å². The van der Waals surface area contributed by atoms with Crippen LogP contribution in [-0.4, -0.2) is 4.55 Å². The van der Waals surface area contributed by atoms with Gasteiger partial charge in [-0.25, -0.2) is 0 Å². The van der Waals surface area contributed by atoms with E-state index in [-0.39, 0.29) is 21.5 Å². The Morgan fingerprint density at radius 2 is 1.56 bits per heavy atom. The van der Waals surface area contributed by atoms with Gasteiger partial charge in [0.25, 0.3) is 0 Å². The summed E-state index contributed by atoms with van der Waals surface area (Å²) in [5.74, 6) is 0.0214. The molecular weight excluding hydrogens is 431 g/mol. The summed E-state index contributed by atoms with van der Waals surface area (Å²) in [4.78, 5) is 0. The van der Waals surface area contributed by atoms with Gasteiger partial charge in [0.05, 0.1) is 0 Å². The van der Waals surface area contributed by atoms with Crippen LogP contribution in [0.3, 0.4) is 0 Å². The summed E-state index contributed by atoms with van der Waals surface area (Å²) >= 11 is -0.0168. The molecule has 4 heteroatoms. The molecule has 1 nitrogen and oxygen atoms in total. The van der Waals surface area contributed by atoms with Crippen molar-refractivity contribution in [3.05, 3.63) is 41.0 Å². The molecule has 1 heterocycles. The normalized spacial score (nSPS) is 26.6. The second-order valence-electron chi connectivity index (χ2n) is 7.77. The van der Waals surface area contributed by atoms with Gasteiger partial charge in [0.15, 0.2) is 0 Å². The van der Waals surface area contributed by atoms with Crippen molar-refractivity contribution in [2.75, 3.05) is 7.66 Å². The van der Waals surface area contributed by atoms with Crippen LogP contribution in [0.25, 0.3) is 11.1 Å². The zero-order valence-corrected chi connectivity index (χ0v) is 17.1. The van der Waals surface area contributed by atoms with E-state index in [4.69, 9.17) is 0 Å². The van der Waals surface area contributed by atoms with Gasteiger partial charge in [0.2, 0.25) is 0 Å². The molecule has 2 unspecified atom stereocenters. The first-order chi connectivity index (χ1) is 12.0. The monoisotopic (exact) mass is 456 g/mol. The fourth-order valence-electron chi connectivity index (χ4n) is 3.90. The van der Waals surface area contributed by atoms with Crippen LogP contribution in [0.1, 0.15) is 63.5 Å². The van der Waals surface area contributed by atoms with Crippen molar-refractivity contribution in [2.24, 2.45) is 11.8 Å². The summed E-state index contributed by atoms with van der Waals surface area (Å²) in [5, 5.41) is 0. The number of allylic oxidation sites excluding steroid dienone is 4. The second kappa shape index (κ2) is 7.01. The summed E-state index contributed by atoms with van der Waals surface area (Å²) < 4.78 is 33.5. The van der Waals surface area contributed by atoms with Crippen LogP contribution in [0.5, 0.6) is 0 Å². The van der Waals surface area contributed by atoms with E-state index in [1.165, 1.54) is 0 Å². The third kappa shape index (κ3) is 3.51. The SMILES string of the molecule is CC1CC=C(c2cc(N3C[I-]3)c(C3=CCC(C)CC3)c(F)c2F)CC1. The van der Waals surface area contributed by atoms with Gasteiger partial charge >= 0.3 is 160 Å². The van der Waals surface area contributed by atoms with Gasteiger partial charge in [-0.2, -0.15) is 0 Å². The van der Waals surface area contributed by atoms with E-state index >= 15 is 4.39 Å². The molecule has 25 heavy (non-hydrogen) atoms. The molecule has 0 amide bonds. The number of hydrogen-bond donors (Lipinski definition) is 0. The van der Waals surface area contributed by atoms with Crippen molar-refractivity contribution < 1.29 is 30.3 Å². The first kappa shape index (κ1) is 17.5. The van der Waals surface area contributed by atoms with Gasteiger partial charge in [-0.15, -0.1) is 0 Å². The molecule has 0 spiro atoms. The summed E-state index contributed by atoms with van der Waals surface area (Å²) in [6.07, 6.45) is 10.0. The molecule has 2 atom stereocenters. The Balaban J connectivity index is 1.79. The molecular formula is C21H25F2IN-. The first-order valence-electron chi connectivity index (χ1n) is 9.32. The Labute approximate surface area is 159 Å². The molecule has 0 saturated carbocycles. The number of anilines is 1. The number of rotatable bonds is 3. The minimum atomic E-state index is -0.640. The van der Waals surface area contributed by atoms with E-state index in [2.05, 4.69) is 29.1 Å². The molecule has 2 aliphatic carbocycles. The molecule has 0 aromatic heterocycles. The topological polar surface area (TPSA) is 3.01 Å². The van der Waals surface area contributed by atoms with Crippen LogP contribution in [0, 0.1) is 23.5 Å². The molecule has 0 bridgehead atoms. The second-order valence-corrected chi connectivity index (χ2v) is 10.3. The standard InChI is InChI=1S/C21H25F2IN/c1-13-3-7-15(8-4-13)17-11-18(25-12-24-25)19(21(23)20(17)22)16-9-5-14(2)6-10-16/h7,9,11,13-14H,3-6,8,10,12H2,1-2H3/q-1. The molecule has 1 saturated heterocycles. The number of hydrogen-bond acceptors (Lipinski definition) is 1. The molecule has 3 aliphatic rings. The number of benzene rings is 1. The molecule has 1 aromatic rings. The Hall–Kier alpha value is -0.910. The zero-order chi connectivity index (χ0) is 17.6. The van der Waals surface area contributed by atoms with Gasteiger partial charge in [-0.1, -0.05) is 0 Å². The number of nitrogens with zero attached hydrogens (tertiary/aromatic N) is 1. The summed E-state index contributed by atoms with van der Waals surface area (Å²) in [5.41, 5.74) is 4.01. The van der Waals surface area contributed by atoms with Gasteiger partial charge < -0.3 is 0 Å². The predicted molar refractivity (Wildman–Crippen MR) is 95.7 cm³/mol. The number of alkyl halides is 1. The van der Waals surface area contributed by atoms with Gasteiger partial charge in [0, 0.05) is 0 Å². The average Bonchev–Trinajstić information content (AvgIpc) is 3.44. The molecule has 136 valence electrons. The van der Waals surface area contributed by atoms with Crippen molar-refractivity contribution in [3.8, 4) is 0 Å². The Kier molecular flexibility index (Phi) is 4.91. The first-order valence-corrected chi connectivity index (χ1v) is 11.8. The van der Waals surface area contributed by atoms with Crippen LogP contribution in [0.15, 0.2) is 18.2 Å². The van der Waals surface area contributed by atoms with Gasteiger partial charge in [-0.05, 0) is 0 Å². The van der Waals surface area contributed by atoms with E-state index < -0.39 is 11.6 Å². The summed E-state index contributed by atoms with van der Waals surface area (Å²) in [7, 11) is 0. The predicted octanol–water partition coefficient (Wildman–Crippen LogP) is 3.15. The maximum absolute atomic E-state index is 15.2. The molecule has 1 aromatic carbocycles. The maximum atomic E-state index is 15.2. The minimum absolute atomic E-state index is 0.0168. The Morgan fingerprint density at radius 1 is 0.960 bits per heavy atom. The summed E-state index contributed by atoms with van der Waals surface area (Å²) in [6, 6.07) is 1.95. The van der Waals surface area contributed by atoms with Crippen molar-refractivity contribution in [2.45, 2.75) is 52.4 Å². The van der Waals surface area contributed by atoms with Crippen molar-refractivity contribution in [1.82, 2.24) is 0 Å². The van der Waals surface area contributed by atoms with Crippen LogP contribution < -0.4 is 24.6 Å².